The fourth-order valence-corrected chi connectivity index (χ4v) is 2.01. The van der Waals surface area contributed by atoms with E-state index in [0.717, 1.165) is 19.3 Å². The van der Waals surface area contributed by atoms with E-state index in [2.05, 4.69) is 12.1 Å². The summed E-state index contributed by atoms with van der Waals surface area (Å²) in [5, 5.41) is 0. The molecule has 0 amide bonds. The molecule has 1 nitrogen and oxygen atoms in total. The number of carbonyl (C=O) groups excluding carboxylic acids is 1. The monoisotopic (exact) mass is 200 g/mol. The van der Waals surface area contributed by atoms with Gasteiger partial charge in [0, 0.05) is 6.42 Å². The van der Waals surface area contributed by atoms with Gasteiger partial charge in [-0.1, -0.05) is 36.8 Å². The van der Waals surface area contributed by atoms with Crippen LogP contribution in [0.5, 0.6) is 0 Å². The zero-order valence-corrected chi connectivity index (χ0v) is 8.91. The van der Waals surface area contributed by atoms with Gasteiger partial charge >= 0.3 is 0 Å². The molecule has 0 fully saturated rings. The minimum atomic E-state index is 0.286. The summed E-state index contributed by atoms with van der Waals surface area (Å²) < 4.78 is 0. The van der Waals surface area contributed by atoms with E-state index in [9.17, 15) is 4.79 Å². The second-order valence-corrected chi connectivity index (χ2v) is 4.06. The fourth-order valence-electron chi connectivity index (χ4n) is 2.01. The van der Waals surface area contributed by atoms with E-state index in [1.165, 1.54) is 24.0 Å². The number of hydrogen-bond donors (Lipinski definition) is 0. The molecule has 0 aliphatic heterocycles. The number of rotatable bonds is 1. The summed E-state index contributed by atoms with van der Waals surface area (Å²) in [6.45, 7) is 0. The molecule has 0 saturated carbocycles. The number of allylic oxidation sites excluding steroid dienone is 2. The van der Waals surface area contributed by atoms with Crippen molar-refractivity contribution < 1.29 is 4.79 Å². The van der Waals surface area contributed by atoms with Gasteiger partial charge in [0.05, 0.1) is 0 Å². The lowest BCUT2D eigenvalue weighted by molar-refractivity contribution is -0.114. The third-order valence-electron chi connectivity index (χ3n) is 2.85. The maximum Gasteiger partial charge on any atom is 0.155 e. The highest BCUT2D eigenvalue weighted by molar-refractivity contribution is 5.96. The Labute approximate surface area is 90.8 Å². The lowest BCUT2D eigenvalue weighted by Crippen LogP contribution is -1.99. The van der Waals surface area contributed by atoms with Crippen molar-refractivity contribution in [3.05, 3.63) is 42.0 Å². The predicted molar refractivity (Wildman–Crippen MR) is 62.5 cm³/mol. The molecule has 1 aromatic rings. The van der Waals surface area contributed by atoms with Crippen LogP contribution in [0.4, 0.5) is 0 Å². The molecule has 1 heteroatoms. The summed E-state index contributed by atoms with van der Waals surface area (Å²) in [4.78, 5) is 11.5. The Bertz CT molecular complexity index is 362. The molecule has 0 aromatic heterocycles. The average molecular weight is 200 g/mol. The highest BCUT2D eigenvalue weighted by Crippen LogP contribution is 2.23. The second-order valence-electron chi connectivity index (χ2n) is 4.06. The molecule has 1 aliphatic rings. The summed E-state index contributed by atoms with van der Waals surface area (Å²) >= 11 is 0. The van der Waals surface area contributed by atoms with Crippen molar-refractivity contribution in [3.8, 4) is 0 Å². The van der Waals surface area contributed by atoms with Crippen LogP contribution in [0.15, 0.2) is 36.4 Å². The van der Waals surface area contributed by atoms with Gasteiger partial charge in [0.15, 0.2) is 5.78 Å². The van der Waals surface area contributed by atoms with Crippen molar-refractivity contribution in [2.24, 2.45) is 0 Å². The first kappa shape index (κ1) is 10.2. The van der Waals surface area contributed by atoms with Gasteiger partial charge in [0.1, 0.15) is 0 Å². The lowest BCUT2D eigenvalue weighted by Gasteiger charge is -2.10. The van der Waals surface area contributed by atoms with Crippen LogP contribution in [0.3, 0.4) is 0 Å². The fraction of sp³-hybridized carbons (Fsp3) is 0.357. The van der Waals surface area contributed by atoms with Crippen LogP contribution in [-0.4, -0.2) is 5.78 Å². The van der Waals surface area contributed by atoms with Crippen molar-refractivity contribution >= 4 is 11.4 Å². The number of ketones is 1. The van der Waals surface area contributed by atoms with Gasteiger partial charge in [-0.25, -0.2) is 0 Å². The molecule has 0 saturated heterocycles. The molecule has 15 heavy (non-hydrogen) atoms. The molecule has 2 rings (SSSR count). The first-order valence-electron chi connectivity index (χ1n) is 5.65. The van der Waals surface area contributed by atoms with Crippen LogP contribution >= 0.6 is 0 Å². The Balaban J connectivity index is 2.25. The lowest BCUT2D eigenvalue weighted by atomic mass is 9.94. The van der Waals surface area contributed by atoms with Crippen molar-refractivity contribution in [1.82, 2.24) is 0 Å². The second kappa shape index (κ2) is 4.92. The zero-order chi connectivity index (χ0) is 10.5. The summed E-state index contributed by atoms with van der Waals surface area (Å²) in [5.74, 6) is 0.286. The molecule has 0 spiro atoms. The highest BCUT2D eigenvalue weighted by Gasteiger charge is 2.08. The van der Waals surface area contributed by atoms with Crippen LogP contribution < -0.4 is 0 Å². The van der Waals surface area contributed by atoms with Crippen molar-refractivity contribution in [3.63, 3.8) is 0 Å². The van der Waals surface area contributed by atoms with Gasteiger partial charge in [-0.3, -0.25) is 4.79 Å². The van der Waals surface area contributed by atoms with Crippen molar-refractivity contribution in [2.75, 3.05) is 0 Å². The molecular weight excluding hydrogens is 184 g/mol. The van der Waals surface area contributed by atoms with Crippen LogP contribution in [0.25, 0.3) is 5.57 Å². The van der Waals surface area contributed by atoms with Gasteiger partial charge in [-0.15, -0.1) is 0 Å². The summed E-state index contributed by atoms with van der Waals surface area (Å²) in [6, 6.07) is 10.2. The Hall–Kier alpha value is -1.37. The van der Waals surface area contributed by atoms with Crippen LogP contribution in [-0.2, 0) is 4.79 Å². The molecule has 78 valence electrons. The van der Waals surface area contributed by atoms with Crippen molar-refractivity contribution in [2.45, 2.75) is 32.1 Å². The number of carbonyl (C=O) groups is 1. The molecular formula is C14H16O. The Morgan fingerprint density at radius 1 is 0.867 bits per heavy atom. The molecule has 0 N–H and O–H groups in total. The molecule has 0 radical (unpaired) electrons. The maximum absolute atomic E-state index is 11.5. The van der Waals surface area contributed by atoms with Gasteiger partial charge in [0.2, 0.25) is 0 Å². The topological polar surface area (TPSA) is 17.1 Å². The minimum absolute atomic E-state index is 0.286. The Morgan fingerprint density at radius 3 is 2.40 bits per heavy atom. The molecule has 0 heterocycles. The van der Waals surface area contributed by atoms with E-state index in [4.69, 9.17) is 0 Å². The van der Waals surface area contributed by atoms with Gasteiger partial charge < -0.3 is 0 Å². The van der Waals surface area contributed by atoms with Crippen molar-refractivity contribution in [1.29, 1.82) is 0 Å². The first-order valence-corrected chi connectivity index (χ1v) is 5.65. The maximum atomic E-state index is 11.5. The van der Waals surface area contributed by atoms with E-state index in [0.29, 0.717) is 0 Å². The van der Waals surface area contributed by atoms with Crippen LogP contribution in [0, 0.1) is 0 Å². The standard InChI is InChI=1S/C14H16O/c15-14-10-6-2-5-9-13(11-14)12-7-3-1-4-8-12/h1,3-4,7-8,11H,2,5-6,9-10H2/b13-11+. The Morgan fingerprint density at radius 2 is 1.60 bits per heavy atom. The third kappa shape index (κ3) is 2.79. The SMILES string of the molecule is O=C1/C=C(/c2ccccc2)CCCCC1. The molecule has 1 aliphatic carbocycles. The highest BCUT2D eigenvalue weighted by atomic mass is 16.1. The number of hydrogen-bond acceptors (Lipinski definition) is 1. The van der Waals surface area contributed by atoms with Crippen LogP contribution in [0.2, 0.25) is 0 Å². The predicted octanol–water partition coefficient (Wildman–Crippen LogP) is 3.60. The van der Waals surface area contributed by atoms with E-state index in [1.807, 2.05) is 24.3 Å². The molecule has 0 atom stereocenters. The molecule has 0 unspecified atom stereocenters. The molecule has 0 bridgehead atoms. The van der Waals surface area contributed by atoms with Gasteiger partial charge in [0.25, 0.3) is 0 Å². The van der Waals surface area contributed by atoms with Gasteiger partial charge in [-0.05, 0) is 36.5 Å². The Kier molecular flexibility index (Phi) is 3.33. The van der Waals surface area contributed by atoms with E-state index >= 15 is 0 Å². The minimum Gasteiger partial charge on any atom is -0.295 e. The summed E-state index contributed by atoms with van der Waals surface area (Å²) in [7, 11) is 0. The quantitative estimate of drug-likeness (QED) is 0.677. The van der Waals surface area contributed by atoms with Gasteiger partial charge in [-0.2, -0.15) is 0 Å². The zero-order valence-electron chi connectivity index (χ0n) is 8.91. The average Bonchev–Trinajstić information content (AvgIpc) is 2.24. The van der Waals surface area contributed by atoms with E-state index in [-0.39, 0.29) is 5.78 Å². The largest absolute Gasteiger partial charge is 0.295 e. The van der Waals surface area contributed by atoms with Crippen LogP contribution in [0.1, 0.15) is 37.7 Å². The van der Waals surface area contributed by atoms with E-state index in [1.54, 1.807) is 0 Å². The normalized spacial score (nSPS) is 21.3. The summed E-state index contributed by atoms with van der Waals surface area (Å²) in [5.41, 5.74) is 2.41. The summed E-state index contributed by atoms with van der Waals surface area (Å²) in [6.07, 6.45) is 7.03. The third-order valence-corrected chi connectivity index (χ3v) is 2.85. The smallest absolute Gasteiger partial charge is 0.155 e. The first-order chi connectivity index (χ1) is 7.36. The van der Waals surface area contributed by atoms with E-state index < -0.39 is 0 Å². The molecule has 1 aromatic carbocycles. The number of benzene rings is 1.